The number of aromatic nitrogens is 2. The van der Waals surface area contributed by atoms with E-state index in [0.717, 1.165) is 0 Å². The van der Waals surface area contributed by atoms with Crippen molar-refractivity contribution in [2.45, 2.75) is 71.3 Å². The fraction of sp³-hybridized carbons (Fsp3) is 0.452. The summed E-state index contributed by atoms with van der Waals surface area (Å²) < 4.78 is 19.3. The van der Waals surface area contributed by atoms with Crippen LogP contribution in [0.4, 0.5) is 0 Å². The Labute approximate surface area is 249 Å². The highest BCUT2D eigenvalue weighted by atomic mass is 28.4. The summed E-state index contributed by atoms with van der Waals surface area (Å²) in [5.41, 5.74) is 3.17. The predicted molar refractivity (Wildman–Crippen MR) is 165 cm³/mol. The summed E-state index contributed by atoms with van der Waals surface area (Å²) in [5, 5.41) is 2.89. The summed E-state index contributed by atoms with van der Waals surface area (Å²) in [6, 6.07) is 9.69. The van der Waals surface area contributed by atoms with Crippen molar-refractivity contribution in [3.8, 4) is 0 Å². The molecular weight excluding hydrogens is 570 g/mol. The monoisotopic (exact) mass is 609 g/mol. The van der Waals surface area contributed by atoms with Crippen molar-refractivity contribution in [1.82, 2.24) is 14.5 Å². The Morgan fingerprint density at radius 1 is 0.930 bits per heavy atom. The van der Waals surface area contributed by atoms with Gasteiger partial charge >= 0.3 is 11.5 Å². The number of hydrogen-bond donors (Lipinski definition) is 1. The van der Waals surface area contributed by atoms with Crippen molar-refractivity contribution in [2.24, 2.45) is 20.0 Å². The number of fused-ring (bicyclic) bond motifs is 2. The number of carbonyl (C=O) groups is 3. The van der Waals surface area contributed by atoms with Crippen LogP contribution in [0.3, 0.4) is 0 Å². The van der Waals surface area contributed by atoms with E-state index in [1.807, 2.05) is 6.92 Å². The van der Waals surface area contributed by atoms with E-state index in [0.29, 0.717) is 33.3 Å². The summed E-state index contributed by atoms with van der Waals surface area (Å²) in [5.74, 6) is -1.44. The van der Waals surface area contributed by atoms with Gasteiger partial charge in [-0.2, -0.15) is 0 Å². The van der Waals surface area contributed by atoms with Crippen LogP contribution in [-0.2, 0) is 23.3 Å². The Morgan fingerprint density at radius 2 is 1.42 bits per heavy atom. The second-order valence-corrected chi connectivity index (χ2v) is 17.4. The molecule has 1 aliphatic heterocycles. The van der Waals surface area contributed by atoms with Crippen LogP contribution in [0.1, 0.15) is 61.8 Å². The highest BCUT2D eigenvalue weighted by Crippen LogP contribution is 2.39. The first-order valence-corrected chi connectivity index (χ1v) is 17.0. The summed E-state index contributed by atoms with van der Waals surface area (Å²) in [7, 11) is 1.23. The van der Waals surface area contributed by atoms with Gasteiger partial charge in [0.25, 0.3) is 0 Å². The van der Waals surface area contributed by atoms with Crippen LogP contribution in [0.25, 0.3) is 22.2 Å². The Morgan fingerprint density at radius 3 is 1.88 bits per heavy atom. The number of oxazole rings is 2. The fourth-order valence-corrected chi connectivity index (χ4v) is 6.30. The lowest BCUT2D eigenvalue weighted by atomic mass is 9.82. The minimum absolute atomic E-state index is 0.0431. The predicted octanol–water partition coefficient (Wildman–Crippen LogP) is 4.56. The smallest absolute Gasteiger partial charge is 0.413 e. The molecule has 1 aliphatic rings. The number of Topliss-reactive ketones (excluding diaryl/α,β-unsaturated/α-hetero) is 2. The number of amides is 1. The van der Waals surface area contributed by atoms with Crippen molar-refractivity contribution in [3.63, 3.8) is 0 Å². The highest BCUT2D eigenvalue weighted by molar-refractivity contribution is 6.74. The average Bonchev–Trinajstić information content (AvgIpc) is 3.35. The Balaban J connectivity index is 0.000000251. The van der Waals surface area contributed by atoms with E-state index in [2.05, 4.69) is 39.2 Å². The molecule has 0 spiro atoms. The molecule has 1 N–H and O–H groups in total. The zero-order valence-electron chi connectivity index (χ0n) is 26.1. The number of carbonyl (C=O) groups excluding carboxylic acids is 3. The van der Waals surface area contributed by atoms with Crippen LogP contribution in [-0.4, -0.2) is 47.1 Å². The van der Waals surface area contributed by atoms with E-state index in [1.165, 1.54) is 16.1 Å². The van der Waals surface area contributed by atoms with Crippen LogP contribution in [0.5, 0.6) is 0 Å². The zero-order chi connectivity index (χ0) is 32.0. The lowest BCUT2D eigenvalue weighted by Gasteiger charge is -2.45. The van der Waals surface area contributed by atoms with Gasteiger partial charge in [-0.3, -0.25) is 23.5 Å². The van der Waals surface area contributed by atoms with E-state index in [4.69, 9.17) is 13.3 Å². The molecule has 1 saturated heterocycles. The molecule has 1 amide bonds. The highest BCUT2D eigenvalue weighted by Gasteiger charge is 2.47. The third-order valence-electron chi connectivity index (χ3n) is 8.57. The molecule has 1 fully saturated rings. The molecular formula is C31H39N3O8Si. The quantitative estimate of drug-likeness (QED) is 0.183. The molecule has 4 aromatic rings. The third kappa shape index (κ3) is 6.35. The van der Waals surface area contributed by atoms with Gasteiger partial charge in [0.15, 0.2) is 31.0 Å². The van der Waals surface area contributed by atoms with Crippen LogP contribution in [0, 0.1) is 5.92 Å². The third-order valence-corrected chi connectivity index (χ3v) is 13.1. The molecule has 0 radical (unpaired) electrons. The van der Waals surface area contributed by atoms with Gasteiger partial charge in [0.05, 0.1) is 29.1 Å². The number of ketones is 2. The average molecular weight is 610 g/mol. The Bertz CT molecular complexity index is 1840. The van der Waals surface area contributed by atoms with Crippen LogP contribution < -0.4 is 16.8 Å². The molecule has 2 aromatic carbocycles. The van der Waals surface area contributed by atoms with Crippen molar-refractivity contribution < 1.29 is 27.6 Å². The van der Waals surface area contributed by atoms with E-state index >= 15 is 0 Å². The van der Waals surface area contributed by atoms with Gasteiger partial charge in [0.2, 0.25) is 5.91 Å². The van der Waals surface area contributed by atoms with Gasteiger partial charge in [0, 0.05) is 31.6 Å². The number of β-lactam (4-membered cyclic amide) rings is 1. The van der Waals surface area contributed by atoms with Crippen LogP contribution >= 0.6 is 0 Å². The SMILES string of the molecule is CC(=O)c1ccc2c(c1)oc(=O)n2C.C[C@@H](O[Si](C)(C)C(C)(C)C)[C@H]1C(=O)N[C@@H]1CC(=O)c1ccc2c(c1)oc(=O)n2C. The zero-order valence-corrected chi connectivity index (χ0v) is 27.1. The van der Waals surface area contributed by atoms with Crippen molar-refractivity contribution in [1.29, 1.82) is 0 Å². The van der Waals surface area contributed by atoms with Crippen molar-refractivity contribution in [3.05, 3.63) is 68.6 Å². The van der Waals surface area contributed by atoms with E-state index in [-0.39, 0.29) is 47.0 Å². The molecule has 0 bridgehead atoms. The van der Waals surface area contributed by atoms with Gasteiger partial charge < -0.3 is 18.6 Å². The number of rotatable bonds is 7. The van der Waals surface area contributed by atoms with Crippen molar-refractivity contribution >= 4 is 48.0 Å². The number of nitrogens with one attached hydrogen (secondary N) is 1. The maximum absolute atomic E-state index is 12.8. The fourth-order valence-electron chi connectivity index (χ4n) is 4.87. The van der Waals surface area contributed by atoms with Gasteiger partial charge in [-0.05, 0) is 68.4 Å². The number of aryl methyl sites for hydroxylation is 2. The molecule has 0 unspecified atom stereocenters. The summed E-state index contributed by atoms with van der Waals surface area (Å²) in [6.45, 7) is 14.2. The minimum atomic E-state index is -2.02. The van der Waals surface area contributed by atoms with Gasteiger partial charge in [-0.1, -0.05) is 20.8 Å². The molecule has 43 heavy (non-hydrogen) atoms. The van der Waals surface area contributed by atoms with Gasteiger partial charge in [-0.25, -0.2) is 9.59 Å². The maximum atomic E-state index is 12.8. The molecule has 3 atom stereocenters. The summed E-state index contributed by atoms with van der Waals surface area (Å²) >= 11 is 0. The normalized spacial score (nSPS) is 17.7. The molecule has 12 heteroatoms. The van der Waals surface area contributed by atoms with E-state index in [9.17, 15) is 24.0 Å². The lowest BCUT2D eigenvalue weighted by molar-refractivity contribution is -0.139. The first-order valence-electron chi connectivity index (χ1n) is 14.1. The molecule has 3 heterocycles. The van der Waals surface area contributed by atoms with E-state index in [1.54, 1.807) is 50.5 Å². The molecule has 2 aromatic heterocycles. The topological polar surface area (TPSA) is 143 Å². The Kier molecular flexibility index (Phi) is 8.58. The van der Waals surface area contributed by atoms with E-state index < -0.39 is 19.8 Å². The van der Waals surface area contributed by atoms with Crippen LogP contribution in [0.2, 0.25) is 18.1 Å². The molecule has 0 aliphatic carbocycles. The summed E-state index contributed by atoms with van der Waals surface area (Å²) in [6.07, 6.45) is -0.0680. The number of benzene rings is 2. The molecule has 0 saturated carbocycles. The largest absolute Gasteiger partial charge is 0.419 e. The van der Waals surface area contributed by atoms with Gasteiger partial charge in [-0.15, -0.1) is 0 Å². The molecule has 230 valence electrons. The van der Waals surface area contributed by atoms with Crippen LogP contribution in [0.15, 0.2) is 54.8 Å². The number of hydrogen-bond acceptors (Lipinski definition) is 8. The Hall–Kier alpha value is -4.03. The number of nitrogens with zero attached hydrogens (tertiary/aromatic N) is 2. The first-order chi connectivity index (χ1) is 19.9. The first kappa shape index (κ1) is 31.9. The minimum Gasteiger partial charge on any atom is -0.413 e. The molecule has 11 nitrogen and oxygen atoms in total. The standard InChI is InChI=1S/C21H30N2O5Si.C10H9NO3/c1-12(28-29(6,7)21(2,3)4)18-14(22-19(18)25)11-16(24)13-8-9-15-17(10-13)27-20(26)23(15)5;1-6(12)7-3-4-8-9(5-7)14-10(13)11(8)2/h8-10,12,14,18H,11H2,1-7H3,(H,22,25);3-5H,1-2H3/t12-,14-,18-;/m1./s1. The van der Waals surface area contributed by atoms with Gasteiger partial charge in [0.1, 0.15) is 0 Å². The maximum Gasteiger partial charge on any atom is 0.419 e. The lowest BCUT2D eigenvalue weighted by Crippen LogP contribution is -2.64. The molecule has 5 rings (SSSR count). The summed E-state index contributed by atoms with van der Waals surface area (Å²) in [4.78, 5) is 58.8. The van der Waals surface area contributed by atoms with Crippen molar-refractivity contribution in [2.75, 3.05) is 0 Å². The second kappa shape index (κ2) is 11.6. The second-order valence-electron chi connectivity index (χ2n) is 12.6.